The van der Waals surface area contributed by atoms with Gasteiger partial charge in [-0.05, 0) is 56.5 Å². The molecule has 0 spiro atoms. The molecule has 0 bridgehead atoms. The summed E-state index contributed by atoms with van der Waals surface area (Å²) < 4.78 is 5.50. The molecule has 0 saturated carbocycles. The van der Waals surface area contributed by atoms with Gasteiger partial charge in [0.2, 0.25) is 5.91 Å². The number of rotatable bonds is 3. The van der Waals surface area contributed by atoms with E-state index in [1.807, 2.05) is 13.8 Å². The first-order chi connectivity index (χ1) is 15.5. The molecule has 3 heterocycles. The van der Waals surface area contributed by atoms with E-state index in [1.54, 1.807) is 6.08 Å². The maximum atomic E-state index is 13.4. The van der Waals surface area contributed by atoms with Crippen LogP contribution in [-0.4, -0.2) is 48.1 Å². The lowest BCUT2D eigenvalue weighted by Gasteiger charge is -2.41. The monoisotopic (exact) mass is 429 g/mol. The number of aromatic amines is 1. The fraction of sp³-hybridized carbons (Fsp3) is 0.370. The summed E-state index contributed by atoms with van der Waals surface area (Å²) in [7, 11) is 0. The van der Waals surface area contributed by atoms with Gasteiger partial charge in [0.15, 0.2) is 0 Å². The zero-order valence-electron chi connectivity index (χ0n) is 19.1. The molecule has 1 saturated heterocycles. The van der Waals surface area contributed by atoms with E-state index >= 15 is 0 Å². The lowest BCUT2D eigenvalue weighted by molar-refractivity contribution is -0.130. The van der Waals surface area contributed by atoms with Gasteiger partial charge in [0, 0.05) is 47.5 Å². The molecule has 0 unspecified atom stereocenters. The van der Waals surface area contributed by atoms with Crippen molar-refractivity contribution < 1.29 is 9.53 Å². The van der Waals surface area contributed by atoms with Crippen molar-refractivity contribution in [2.45, 2.75) is 39.3 Å². The van der Waals surface area contributed by atoms with Gasteiger partial charge in [0.1, 0.15) is 0 Å². The van der Waals surface area contributed by atoms with Crippen molar-refractivity contribution in [3.63, 3.8) is 0 Å². The van der Waals surface area contributed by atoms with Crippen molar-refractivity contribution in [3.8, 4) is 0 Å². The smallest absolute Gasteiger partial charge is 0.247 e. The highest BCUT2D eigenvalue weighted by Crippen LogP contribution is 2.41. The van der Waals surface area contributed by atoms with Crippen LogP contribution < -0.4 is 4.90 Å². The molecule has 1 aromatic heterocycles. The molecule has 2 aliphatic heterocycles. The predicted molar refractivity (Wildman–Crippen MR) is 129 cm³/mol. The van der Waals surface area contributed by atoms with Crippen molar-refractivity contribution >= 4 is 22.5 Å². The minimum Gasteiger partial charge on any atom is -0.378 e. The van der Waals surface area contributed by atoms with Gasteiger partial charge >= 0.3 is 0 Å². The molecule has 1 N–H and O–H groups in total. The van der Waals surface area contributed by atoms with Gasteiger partial charge in [0.25, 0.3) is 0 Å². The summed E-state index contributed by atoms with van der Waals surface area (Å²) in [4.78, 5) is 21.4. The number of para-hydroxylation sites is 1. The number of amides is 1. The second-order valence-corrected chi connectivity index (χ2v) is 9.18. The van der Waals surface area contributed by atoms with Crippen molar-refractivity contribution in [2.75, 3.05) is 31.2 Å². The zero-order chi connectivity index (χ0) is 22.2. The summed E-state index contributed by atoms with van der Waals surface area (Å²) in [6, 6.07) is 17.2. The van der Waals surface area contributed by atoms with Crippen LogP contribution in [0.4, 0.5) is 5.69 Å². The number of allylic oxidation sites excluding steroid dienone is 1. The van der Waals surface area contributed by atoms with Crippen LogP contribution in [0.15, 0.2) is 60.2 Å². The minimum atomic E-state index is -0.136. The molecule has 5 rings (SSSR count). The molecular formula is C27H31N3O2. The van der Waals surface area contributed by atoms with E-state index in [9.17, 15) is 4.79 Å². The van der Waals surface area contributed by atoms with Crippen LogP contribution in [0.2, 0.25) is 0 Å². The van der Waals surface area contributed by atoms with Crippen LogP contribution in [0.25, 0.3) is 10.9 Å². The highest BCUT2D eigenvalue weighted by molar-refractivity contribution is 5.91. The van der Waals surface area contributed by atoms with E-state index in [0.29, 0.717) is 0 Å². The Balaban J connectivity index is 1.60. The number of carbonyl (C=O) groups is 1. The van der Waals surface area contributed by atoms with Crippen molar-refractivity contribution in [1.82, 2.24) is 9.88 Å². The van der Waals surface area contributed by atoms with Crippen LogP contribution >= 0.6 is 0 Å². The Labute approximate surface area is 189 Å². The van der Waals surface area contributed by atoms with Crippen LogP contribution in [-0.2, 0) is 16.0 Å². The first-order valence-corrected chi connectivity index (χ1v) is 11.5. The second-order valence-electron chi connectivity index (χ2n) is 9.18. The van der Waals surface area contributed by atoms with Crippen molar-refractivity contribution in [1.29, 1.82) is 0 Å². The number of nitrogens with one attached hydrogen (secondary N) is 1. The molecule has 2 atom stereocenters. The first-order valence-electron chi connectivity index (χ1n) is 11.5. The van der Waals surface area contributed by atoms with Crippen LogP contribution in [0, 0.1) is 0 Å². The quantitative estimate of drug-likeness (QED) is 0.607. The molecule has 5 nitrogen and oxygen atoms in total. The number of aromatic nitrogens is 1. The molecular weight excluding hydrogens is 398 g/mol. The highest BCUT2D eigenvalue weighted by Gasteiger charge is 2.37. The molecule has 2 aromatic carbocycles. The normalized spacial score (nSPS) is 20.8. The maximum Gasteiger partial charge on any atom is 0.247 e. The van der Waals surface area contributed by atoms with E-state index in [0.717, 1.165) is 55.1 Å². The number of hydrogen-bond acceptors (Lipinski definition) is 3. The second kappa shape index (κ2) is 8.47. The SMILES string of the molecule is CC(C)=CC(=O)N1[C@@H](c2ccc(N3CCOCC3)cc2)c2[nH]c3ccccc3c2C[C@@H]1C. The van der Waals surface area contributed by atoms with Crippen LogP contribution in [0.5, 0.6) is 0 Å². The number of ether oxygens (including phenoxy) is 1. The Bertz CT molecular complexity index is 1150. The number of benzene rings is 2. The number of anilines is 1. The summed E-state index contributed by atoms with van der Waals surface area (Å²) in [5.41, 5.74) is 6.97. The van der Waals surface area contributed by atoms with Crippen LogP contribution in [0.3, 0.4) is 0 Å². The standard InChI is InChI=1S/C27H31N3O2/c1-18(2)16-25(31)30-19(3)17-23-22-6-4-5-7-24(22)28-26(23)27(30)20-8-10-21(11-9-20)29-12-14-32-15-13-29/h4-11,16,19,27-28H,12-15,17H2,1-3H3/t19-,27-/m0/s1. The number of fused-ring (bicyclic) bond motifs is 3. The summed E-state index contributed by atoms with van der Waals surface area (Å²) >= 11 is 0. The lowest BCUT2D eigenvalue weighted by atomic mass is 9.88. The number of H-pyrrole nitrogens is 1. The largest absolute Gasteiger partial charge is 0.378 e. The van der Waals surface area contributed by atoms with Crippen molar-refractivity contribution in [2.24, 2.45) is 0 Å². The Morgan fingerprint density at radius 2 is 1.78 bits per heavy atom. The summed E-state index contributed by atoms with van der Waals surface area (Å²) in [6.07, 6.45) is 2.61. The van der Waals surface area contributed by atoms with E-state index < -0.39 is 0 Å². The van der Waals surface area contributed by atoms with E-state index in [2.05, 4.69) is 70.2 Å². The number of hydrogen-bond donors (Lipinski definition) is 1. The van der Waals surface area contributed by atoms with Gasteiger partial charge in [-0.25, -0.2) is 0 Å². The predicted octanol–water partition coefficient (Wildman–Crippen LogP) is 4.83. The third-order valence-corrected chi connectivity index (χ3v) is 6.62. The number of nitrogens with zero attached hydrogens (tertiary/aromatic N) is 2. The van der Waals surface area contributed by atoms with Gasteiger partial charge < -0.3 is 19.5 Å². The first kappa shape index (κ1) is 20.8. The topological polar surface area (TPSA) is 48.6 Å². The van der Waals surface area contributed by atoms with E-state index in [-0.39, 0.29) is 18.0 Å². The number of carbonyl (C=O) groups excluding carboxylic acids is 1. The Kier molecular flexibility index (Phi) is 5.51. The van der Waals surface area contributed by atoms with Gasteiger partial charge in [0.05, 0.1) is 19.3 Å². The summed E-state index contributed by atoms with van der Waals surface area (Å²) in [5, 5.41) is 1.26. The third kappa shape index (κ3) is 3.71. The molecule has 0 radical (unpaired) electrons. The lowest BCUT2D eigenvalue weighted by Crippen LogP contribution is -2.45. The molecule has 1 amide bonds. The molecule has 2 aliphatic rings. The summed E-state index contributed by atoms with van der Waals surface area (Å²) in [6.45, 7) is 9.49. The van der Waals surface area contributed by atoms with Gasteiger partial charge in [-0.2, -0.15) is 0 Å². The third-order valence-electron chi connectivity index (χ3n) is 6.62. The average Bonchev–Trinajstić information content (AvgIpc) is 3.16. The maximum absolute atomic E-state index is 13.4. The molecule has 1 fully saturated rings. The van der Waals surface area contributed by atoms with E-state index in [1.165, 1.54) is 16.6 Å². The molecule has 5 heteroatoms. The zero-order valence-corrected chi connectivity index (χ0v) is 19.1. The van der Waals surface area contributed by atoms with Crippen molar-refractivity contribution in [3.05, 3.63) is 77.0 Å². The fourth-order valence-corrected chi connectivity index (χ4v) is 5.14. The summed E-state index contributed by atoms with van der Waals surface area (Å²) in [5.74, 6) is 0.0732. The minimum absolute atomic E-state index is 0.0732. The van der Waals surface area contributed by atoms with Gasteiger partial charge in [-0.3, -0.25) is 4.79 Å². The average molecular weight is 430 g/mol. The Hall–Kier alpha value is -3.05. The van der Waals surface area contributed by atoms with E-state index in [4.69, 9.17) is 4.74 Å². The highest BCUT2D eigenvalue weighted by atomic mass is 16.5. The molecule has 3 aromatic rings. The molecule has 32 heavy (non-hydrogen) atoms. The fourth-order valence-electron chi connectivity index (χ4n) is 5.14. The Morgan fingerprint density at radius 3 is 2.50 bits per heavy atom. The van der Waals surface area contributed by atoms with Gasteiger partial charge in [-0.15, -0.1) is 0 Å². The van der Waals surface area contributed by atoms with Gasteiger partial charge in [-0.1, -0.05) is 35.9 Å². The number of morpholine rings is 1. The molecule has 0 aliphatic carbocycles. The van der Waals surface area contributed by atoms with Crippen LogP contribution in [0.1, 0.15) is 43.6 Å². The molecule has 166 valence electrons. The Morgan fingerprint density at radius 1 is 1.06 bits per heavy atom.